The van der Waals surface area contributed by atoms with Gasteiger partial charge in [-0.3, -0.25) is 4.79 Å². The van der Waals surface area contributed by atoms with Crippen molar-refractivity contribution in [2.75, 3.05) is 0 Å². The summed E-state index contributed by atoms with van der Waals surface area (Å²) in [7, 11) is 0. The zero-order chi connectivity index (χ0) is 26.5. The number of carbonyl (C=O) groups excluding carboxylic acids is 2. The van der Waals surface area contributed by atoms with Crippen LogP contribution in [0.2, 0.25) is 0 Å². The number of fused-ring (bicyclic) bond motifs is 1. The highest BCUT2D eigenvalue weighted by molar-refractivity contribution is 9.10. The van der Waals surface area contributed by atoms with Gasteiger partial charge in [0.15, 0.2) is 5.78 Å². The van der Waals surface area contributed by atoms with Crippen LogP contribution in [-0.2, 0) is 6.61 Å². The fraction of sp³-hybridized carbons (Fsp3) is 0.0625. The molecule has 0 bridgehead atoms. The topological polar surface area (TPSA) is 65.7 Å². The monoisotopic (exact) mass is 566 g/mol. The number of aryl methyl sites for hydroxylation is 1. The molecule has 6 heteroatoms. The number of hydrogen-bond donors (Lipinski definition) is 0. The maximum absolute atomic E-state index is 13.2. The highest BCUT2D eigenvalue weighted by atomic mass is 79.9. The van der Waals surface area contributed by atoms with Crippen LogP contribution in [0.3, 0.4) is 0 Å². The summed E-state index contributed by atoms with van der Waals surface area (Å²) in [5.41, 5.74) is 3.27. The lowest BCUT2D eigenvalue weighted by Gasteiger charge is -2.07. The molecule has 0 aliphatic carbocycles. The van der Waals surface area contributed by atoms with Crippen molar-refractivity contribution in [3.63, 3.8) is 0 Å². The van der Waals surface area contributed by atoms with Crippen molar-refractivity contribution in [1.82, 2.24) is 0 Å². The second-order valence-electron chi connectivity index (χ2n) is 8.63. The zero-order valence-electron chi connectivity index (χ0n) is 20.5. The number of halogens is 1. The van der Waals surface area contributed by atoms with Gasteiger partial charge in [0.1, 0.15) is 35.0 Å². The second kappa shape index (κ2) is 11.3. The predicted molar refractivity (Wildman–Crippen MR) is 151 cm³/mol. The fourth-order valence-corrected chi connectivity index (χ4v) is 4.27. The Labute approximate surface area is 228 Å². The van der Waals surface area contributed by atoms with E-state index >= 15 is 0 Å². The molecule has 0 aliphatic heterocycles. The summed E-state index contributed by atoms with van der Waals surface area (Å²) in [6.45, 7) is 2.14. The molecule has 0 saturated carbocycles. The molecule has 0 saturated heterocycles. The number of benzene rings is 4. The molecule has 0 atom stereocenters. The lowest BCUT2D eigenvalue weighted by atomic mass is 10.1. The fourth-order valence-electron chi connectivity index (χ4n) is 4.01. The van der Waals surface area contributed by atoms with Crippen LogP contribution < -0.4 is 9.47 Å². The van der Waals surface area contributed by atoms with Gasteiger partial charge in [-0.25, -0.2) is 4.79 Å². The smallest absolute Gasteiger partial charge is 0.347 e. The molecule has 1 aromatic heterocycles. The largest absolute Gasteiger partial charge is 0.489 e. The summed E-state index contributed by atoms with van der Waals surface area (Å²) in [5.74, 6) is 0.790. The number of allylic oxidation sites excluding steroid dienone is 1. The average Bonchev–Trinajstić information content (AvgIpc) is 3.26. The molecule has 5 aromatic rings. The number of ether oxygens (including phenoxy) is 2. The highest BCUT2D eigenvalue weighted by Gasteiger charge is 2.21. The van der Waals surface area contributed by atoms with E-state index in [0.717, 1.165) is 15.6 Å². The maximum Gasteiger partial charge on any atom is 0.347 e. The van der Waals surface area contributed by atoms with Gasteiger partial charge < -0.3 is 13.9 Å². The molecule has 0 unspecified atom stereocenters. The van der Waals surface area contributed by atoms with Crippen LogP contribution in [-0.4, -0.2) is 11.8 Å². The maximum atomic E-state index is 13.2. The number of hydrogen-bond acceptors (Lipinski definition) is 5. The van der Waals surface area contributed by atoms with Gasteiger partial charge in [-0.15, -0.1) is 0 Å². The standard InChI is InChI=1S/C32H23BrO5/c1-21-31(28-19-26(15-17-30(28)37-21)36-20-23-6-3-2-4-7-23)32(35)38-27-9-5-8-22(18-27)10-16-29(34)24-11-13-25(33)14-12-24/h2-19H,20H2,1H3/b16-10+. The van der Waals surface area contributed by atoms with Crippen molar-refractivity contribution < 1.29 is 23.5 Å². The van der Waals surface area contributed by atoms with Gasteiger partial charge in [0.05, 0.1) is 0 Å². The van der Waals surface area contributed by atoms with Gasteiger partial charge in [-0.1, -0.05) is 64.5 Å². The Morgan fingerprint density at radius 3 is 2.45 bits per heavy atom. The molecule has 0 spiro atoms. The van der Waals surface area contributed by atoms with E-state index in [0.29, 0.717) is 46.0 Å². The first-order chi connectivity index (χ1) is 18.5. The molecule has 38 heavy (non-hydrogen) atoms. The van der Waals surface area contributed by atoms with Gasteiger partial charge in [-0.05, 0) is 78.7 Å². The van der Waals surface area contributed by atoms with E-state index in [2.05, 4.69) is 15.9 Å². The minimum absolute atomic E-state index is 0.120. The van der Waals surface area contributed by atoms with Gasteiger partial charge in [0, 0.05) is 15.4 Å². The van der Waals surface area contributed by atoms with Crippen molar-refractivity contribution in [1.29, 1.82) is 0 Å². The van der Waals surface area contributed by atoms with E-state index in [-0.39, 0.29) is 5.78 Å². The lowest BCUT2D eigenvalue weighted by molar-refractivity contribution is 0.0734. The van der Waals surface area contributed by atoms with Crippen molar-refractivity contribution >= 4 is 44.7 Å². The van der Waals surface area contributed by atoms with Gasteiger partial charge in [0.25, 0.3) is 0 Å². The minimum atomic E-state index is -0.534. The van der Waals surface area contributed by atoms with E-state index in [1.54, 1.807) is 55.5 Å². The second-order valence-corrected chi connectivity index (χ2v) is 9.55. The first-order valence-electron chi connectivity index (χ1n) is 12.0. The molecule has 188 valence electrons. The third-order valence-corrected chi connectivity index (χ3v) is 6.44. The SMILES string of the molecule is Cc1oc2ccc(OCc3ccccc3)cc2c1C(=O)Oc1cccc(/C=C/C(=O)c2ccc(Br)cc2)c1. The van der Waals surface area contributed by atoms with E-state index in [1.165, 1.54) is 6.08 Å². The van der Waals surface area contributed by atoms with Crippen molar-refractivity contribution in [3.05, 3.63) is 136 Å². The predicted octanol–water partition coefficient (Wildman–Crippen LogP) is 8.20. The van der Waals surface area contributed by atoms with Crippen LogP contribution >= 0.6 is 15.9 Å². The Kier molecular flexibility index (Phi) is 7.52. The molecule has 0 fully saturated rings. The molecule has 0 N–H and O–H groups in total. The lowest BCUT2D eigenvalue weighted by Crippen LogP contribution is -2.09. The van der Waals surface area contributed by atoms with E-state index < -0.39 is 5.97 Å². The van der Waals surface area contributed by atoms with Crippen molar-refractivity contribution in [2.24, 2.45) is 0 Å². The Bertz CT molecular complexity index is 1630. The third-order valence-electron chi connectivity index (χ3n) is 5.91. The summed E-state index contributed by atoms with van der Waals surface area (Å²) in [6, 6.07) is 29.4. The molecular formula is C32H23BrO5. The van der Waals surface area contributed by atoms with Crippen LogP contribution in [0.1, 0.15) is 37.6 Å². The molecule has 4 aromatic carbocycles. The molecule has 5 rings (SSSR count). The molecular weight excluding hydrogens is 544 g/mol. The third kappa shape index (κ3) is 5.93. The Balaban J connectivity index is 1.31. The quantitative estimate of drug-likeness (QED) is 0.0819. The average molecular weight is 567 g/mol. The molecule has 5 nitrogen and oxygen atoms in total. The number of carbonyl (C=O) groups is 2. The van der Waals surface area contributed by atoms with E-state index in [4.69, 9.17) is 13.9 Å². The first kappa shape index (κ1) is 25.2. The Hall–Kier alpha value is -4.42. The number of ketones is 1. The van der Waals surface area contributed by atoms with Crippen molar-refractivity contribution in [3.8, 4) is 11.5 Å². The van der Waals surface area contributed by atoms with Gasteiger partial charge in [-0.2, -0.15) is 0 Å². The summed E-state index contributed by atoms with van der Waals surface area (Å²) in [4.78, 5) is 25.6. The van der Waals surface area contributed by atoms with Crippen LogP contribution in [0.4, 0.5) is 0 Å². The zero-order valence-corrected chi connectivity index (χ0v) is 22.1. The van der Waals surface area contributed by atoms with E-state index in [1.807, 2.05) is 54.6 Å². The summed E-state index contributed by atoms with van der Waals surface area (Å²) in [6.07, 6.45) is 3.19. The molecule has 0 amide bonds. The summed E-state index contributed by atoms with van der Waals surface area (Å²) >= 11 is 3.37. The molecule has 0 aliphatic rings. The Morgan fingerprint density at radius 1 is 0.868 bits per heavy atom. The van der Waals surface area contributed by atoms with Crippen LogP contribution in [0.15, 0.2) is 112 Å². The number of furan rings is 1. The van der Waals surface area contributed by atoms with Gasteiger partial charge >= 0.3 is 5.97 Å². The summed E-state index contributed by atoms with van der Waals surface area (Å²) < 4.78 is 18.3. The van der Waals surface area contributed by atoms with E-state index in [9.17, 15) is 9.59 Å². The highest BCUT2D eigenvalue weighted by Crippen LogP contribution is 2.30. The minimum Gasteiger partial charge on any atom is -0.489 e. The first-order valence-corrected chi connectivity index (χ1v) is 12.8. The molecule has 1 heterocycles. The number of rotatable bonds is 8. The normalized spacial score (nSPS) is 11.1. The van der Waals surface area contributed by atoms with Gasteiger partial charge in [0.2, 0.25) is 0 Å². The van der Waals surface area contributed by atoms with Crippen LogP contribution in [0.5, 0.6) is 11.5 Å². The summed E-state index contributed by atoms with van der Waals surface area (Å²) in [5, 5.41) is 0.620. The van der Waals surface area contributed by atoms with Crippen LogP contribution in [0, 0.1) is 6.92 Å². The van der Waals surface area contributed by atoms with Crippen LogP contribution in [0.25, 0.3) is 17.0 Å². The molecule has 0 radical (unpaired) electrons. The Morgan fingerprint density at radius 2 is 1.66 bits per heavy atom. The van der Waals surface area contributed by atoms with Crippen molar-refractivity contribution in [2.45, 2.75) is 13.5 Å². The number of esters is 1.